The zero-order valence-corrected chi connectivity index (χ0v) is 13.8. The van der Waals surface area contributed by atoms with Gasteiger partial charge in [0.15, 0.2) is 11.5 Å². The molecular weight excluding hydrogens is 346 g/mol. The first-order valence-electron chi connectivity index (χ1n) is 7.36. The summed E-state index contributed by atoms with van der Waals surface area (Å²) in [7, 11) is 0. The molecule has 1 aliphatic rings. The van der Waals surface area contributed by atoms with Crippen molar-refractivity contribution in [3.63, 3.8) is 0 Å². The first-order chi connectivity index (χ1) is 12.1. The van der Waals surface area contributed by atoms with E-state index in [1.807, 2.05) is 13.0 Å². The Bertz CT molecular complexity index is 959. The Labute approximate surface area is 147 Å². The molecular formula is C16H12ClN5O3. The number of aromatic nitrogens is 4. The van der Waals surface area contributed by atoms with Crippen LogP contribution in [0.1, 0.15) is 15.9 Å². The molecule has 0 saturated heterocycles. The highest BCUT2D eigenvalue weighted by Gasteiger charge is 2.18. The number of hydrogen-bond acceptors (Lipinski definition) is 6. The highest BCUT2D eigenvalue weighted by molar-refractivity contribution is 6.34. The van der Waals surface area contributed by atoms with Crippen LogP contribution in [-0.2, 0) is 0 Å². The van der Waals surface area contributed by atoms with Crippen molar-refractivity contribution in [2.45, 2.75) is 6.92 Å². The van der Waals surface area contributed by atoms with Crippen LogP contribution in [0.3, 0.4) is 0 Å². The van der Waals surface area contributed by atoms with Gasteiger partial charge >= 0.3 is 0 Å². The number of anilines is 1. The molecule has 2 heterocycles. The summed E-state index contributed by atoms with van der Waals surface area (Å²) in [4.78, 5) is 12.6. The van der Waals surface area contributed by atoms with Crippen LogP contribution in [0.2, 0.25) is 5.02 Å². The summed E-state index contributed by atoms with van der Waals surface area (Å²) in [6.45, 7) is 2.05. The second-order valence-corrected chi connectivity index (χ2v) is 5.80. The number of rotatable bonds is 3. The number of hydrogen-bond donors (Lipinski definition) is 1. The van der Waals surface area contributed by atoms with E-state index in [2.05, 4.69) is 20.8 Å². The lowest BCUT2D eigenvalue weighted by atomic mass is 10.1. The van der Waals surface area contributed by atoms with E-state index < -0.39 is 0 Å². The first-order valence-corrected chi connectivity index (χ1v) is 7.74. The molecule has 9 heteroatoms. The third kappa shape index (κ3) is 2.87. The Balaban J connectivity index is 1.59. The molecule has 3 aromatic rings. The van der Waals surface area contributed by atoms with E-state index in [4.69, 9.17) is 21.1 Å². The van der Waals surface area contributed by atoms with E-state index in [1.54, 1.807) is 24.3 Å². The third-order valence-corrected chi connectivity index (χ3v) is 4.09. The van der Waals surface area contributed by atoms with E-state index in [9.17, 15) is 4.79 Å². The number of tetrazole rings is 1. The summed E-state index contributed by atoms with van der Waals surface area (Å²) >= 11 is 6.25. The zero-order valence-electron chi connectivity index (χ0n) is 13.1. The average molecular weight is 358 g/mol. The van der Waals surface area contributed by atoms with Crippen molar-refractivity contribution in [3.8, 4) is 17.2 Å². The fraction of sp³-hybridized carbons (Fsp3) is 0.125. The fourth-order valence-corrected chi connectivity index (χ4v) is 2.74. The summed E-state index contributed by atoms with van der Waals surface area (Å²) in [5.74, 6) is 0.940. The number of halogens is 1. The van der Waals surface area contributed by atoms with Gasteiger partial charge < -0.3 is 14.8 Å². The van der Waals surface area contributed by atoms with Crippen molar-refractivity contribution in [2.75, 3.05) is 12.1 Å². The Morgan fingerprint density at radius 3 is 2.76 bits per heavy atom. The second-order valence-electron chi connectivity index (χ2n) is 5.39. The van der Waals surface area contributed by atoms with Crippen LogP contribution in [-0.4, -0.2) is 32.9 Å². The van der Waals surface area contributed by atoms with Crippen molar-refractivity contribution in [3.05, 3.63) is 52.8 Å². The lowest BCUT2D eigenvalue weighted by Crippen LogP contribution is -2.13. The summed E-state index contributed by atoms with van der Waals surface area (Å²) in [6.07, 6.45) is 1.45. The molecule has 0 aliphatic carbocycles. The van der Waals surface area contributed by atoms with Crippen molar-refractivity contribution in [2.24, 2.45) is 0 Å². The van der Waals surface area contributed by atoms with Crippen molar-refractivity contribution in [1.29, 1.82) is 0 Å². The van der Waals surface area contributed by atoms with Crippen LogP contribution < -0.4 is 14.8 Å². The van der Waals surface area contributed by atoms with Crippen LogP contribution >= 0.6 is 11.6 Å². The Morgan fingerprint density at radius 2 is 2.04 bits per heavy atom. The molecule has 2 aromatic carbocycles. The van der Waals surface area contributed by atoms with Gasteiger partial charge in [-0.1, -0.05) is 11.6 Å². The molecule has 0 spiro atoms. The molecule has 126 valence electrons. The summed E-state index contributed by atoms with van der Waals surface area (Å²) in [6, 6.07) is 8.51. The molecule has 1 N–H and O–H groups in total. The SMILES string of the molecule is Cc1cc2c(cc1NC(=O)c1ccc(-n3cnnn3)cc1Cl)OCO2. The summed E-state index contributed by atoms with van der Waals surface area (Å²) in [5.41, 5.74) is 2.50. The van der Waals surface area contributed by atoms with Gasteiger partial charge in [-0.25, -0.2) is 4.68 Å². The minimum absolute atomic E-state index is 0.177. The molecule has 0 unspecified atom stereocenters. The Hall–Kier alpha value is -3.13. The second kappa shape index (κ2) is 6.06. The van der Waals surface area contributed by atoms with Gasteiger partial charge in [-0.3, -0.25) is 4.79 Å². The Kier molecular flexibility index (Phi) is 3.73. The van der Waals surface area contributed by atoms with E-state index >= 15 is 0 Å². The Morgan fingerprint density at radius 1 is 1.24 bits per heavy atom. The number of nitrogens with zero attached hydrogens (tertiary/aromatic N) is 4. The number of carbonyl (C=O) groups excluding carboxylic acids is 1. The molecule has 1 amide bonds. The summed E-state index contributed by atoms with van der Waals surface area (Å²) in [5, 5.41) is 14.1. The van der Waals surface area contributed by atoms with Crippen LogP contribution in [0.25, 0.3) is 5.69 Å². The van der Waals surface area contributed by atoms with Gasteiger partial charge in [0.25, 0.3) is 5.91 Å². The number of ether oxygens (including phenoxy) is 2. The highest BCUT2D eigenvalue weighted by Crippen LogP contribution is 2.37. The van der Waals surface area contributed by atoms with Gasteiger partial charge in [-0.15, -0.1) is 5.10 Å². The average Bonchev–Trinajstić information content (AvgIpc) is 3.26. The maximum absolute atomic E-state index is 12.6. The normalized spacial score (nSPS) is 12.2. The number of amides is 1. The molecule has 1 aliphatic heterocycles. The number of nitrogens with one attached hydrogen (secondary N) is 1. The smallest absolute Gasteiger partial charge is 0.257 e. The topological polar surface area (TPSA) is 91.2 Å². The van der Waals surface area contributed by atoms with Crippen LogP contribution in [0.15, 0.2) is 36.7 Å². The minimum Gasteiger partial charge on any atom is -0.454 e. The van der Waals surface area contributed by atoms with Gasteiger partial charge in [-0.2, -0.15) is 0 Å². The van der Waals surface area contributed by atoms with Crippen molar-refractivity contribution >= 4 is 23.2 Å². The van der Waals surface area contributed by atoms with Crippen molar-refractivity contribution in [1.82, 2.24) is 20.2 Å². The number of carbonyl (C=O) groups is 1. The molecule has 8 nitrogen and oxygen atoms in total. The quantitative estimate of drug-likeness (QED) is 0.774. The lowest BCUT2D eigenvalue weighted by Gasteiger charge is -2.11. The molecule has 0 atom stereocenters. The molecule has 0 fully saturated rings. The molecule has 0 radical (unpaired) electrons. The van der Waals surface area contributed by atoms with Gasteiger partial charge in [0.2, 0.25) is 6.79 Å². The van der Waals surface area contributed by atoms with E-state index in [-0.39, 0.29) is 12.7 Å². The largest absolute Gasteiger partial charge is 0.454 e. The third-order valence-electron chi connectivity index (χ3n) is 3.78. The molecule has 25 heavy (non-hydrogen) atoms. The maximum atomic E-state index is 12.6. The van der Waals surface area contributed by atoms with E-state index in [1.165, 1.54) is 11.0 Å². The van der Waals surface area contributed by atoms with Crippen LogP contribution in [0, 0.1) is 6.92 Å². The molecule has 1 aromatic heterocycles. The zero-order chi connectivity index (χ0) is 17.4. The molecule has 0 saturated carbocycles. The van der Waals surface area contributed by atoms with Gasteiger partial charge in [0, 0.05) is 11.8 Å². The summed E-state index contributed by atoms with van der Waals surface area (Å²) < 4.78 is 12.1. The highest BCUT2D eigenvalue weighted by atomic mass is 35.5. The van der Waals surface area contributed by atoms with Crippen LogP contribution in [0.4, 0.5) is 5.69 Å². The number of aryl methyl sites for hydroxylation is 1. The minimum atomic E-state index is -0.324. The van der Waals surface area contributed by atoms with E-state index in [0.29, 0.717) is 33.5 Å². The monoisotopic (exact) mass is 357 g/mol. The number of fused-ring (bicyclic) bond motifs is 1. The van der Waals surface area contributed by atoms with Crippen molar-refractivity contribution < 1.29 is 14.3 Å². The fourth-order valence-electron chi connectivity index (χ4n) is 2.48. The lowest BCUT2D eigenvalue weighted by molar-refractivity contribution is 0.102. The predicted octanol–water partition coefficient (Wildman–Crippen LogP) is 2.61. The van der Waals surface area contributed by atoms with Gasteiger partial charge in [-0.05, 0) is 47.2 Å². The molecule has 4 rings (SSSR count). The predicted molar refractivity (Wildman–Crippen MR) is 89.4 cm³/mol. The van der Waals surface area contributed by atoms with Crippen LogP contribution in [0.5, 0.6) is 11.5 Å². The standard InChI is InChI=1S/C16H12ClN5O3/c1-9-4-14-15(25-8-24-14)6-13(9)19-16(23)11-3-2-10(5-12(11)17)22-7-18-20-21-22/h2-7H,8H2,1H3,(H,19,23). The van der Waals surface area contributed by atoms with Gasteiger partial charge in [0.05, 0.1) is 16.3 Å². The first kappa shape index (κ1) is 15.4. The van der Waals surface area contributed by atoms with Gasteiger partial charge in [0.1, 0.15) is 6.33 Å². The maximum Gasteiger partial charge on any atom is 0.257 e. The number of benzene rings is 2. The van der Waals surface area contributed by atoms with E-state index in [0.717, 1.165) is 5.56 Å². The molecule has 0 bridgehead atoms.